The number of halogens is 1. The quantitative estimate of drug-likeness (QED) is 0.506. The lowest BCUT2D eigenvalue weighted by molar-refractivity contribution is 0.388. The van der Waals surface area contributed by atoms with Crippen LogP contribution in [0, 0.1) is 5.82 Å². The molecule has 1 aliphatic rings. The van der Waals surface area contributed by atoms with Gasteiger partial charge in [-0.05, 0) is 42.0 Å². The van der Waals surface area contributed by atoms with Crippen molar-refractivity contribution >= 4 is 21.1 Å². The predicted molar refractivity (Wildman–Crippen MR) is 109 cm³/mol. The highest BCUT2D eigenvalue weighted by atomic mass is 32.2. The Hall–Kier alpha value is -3.17. The molecule has 9 heteroatoms. The number of sulfonamides is 1. The van der Waals surface area contributed by atoms with Gasteiger partial charge in [0.1, 0.15) is 5.82 Å². The molecule has 1 aliphatic heterocycles. The number of hydrogen-bond acceptors (Lipinski definition) is 5. The molecular formula is C21H18FN5O2S. The Bertz CT molecular complexity index is 1370. The van der Waals surface area contributed by atoms with E-state index in [1.807, 2.05) is 25.4 Å². The number of nitrogens with zero attached hydrogens (tertiary/aromatic N) is 5. The van der Waals surface area contributed by atoms with Gasteiger partial charge in [-0.3, -0.25) is 4.68 Å². The largest absolute Gasteiger partial charge is 0.275 e. The van der Waals surface area contributed by atoms with Gasteiger partial charge in [-0.25, -0.2) is 22.8 Å². The van der Waals surface area contributed by atoms with Gasteiger partial charge in [-0.2, -0.15) is 9.40 Å². The second kappa shape index (κ2) is 6.96. The van der Waals surface area contributed by atoms with Crippen LogP contribution in [0.3, 0.4) is 0 Å². The van der Waals surface area contributed by atoms with Crippen LogP contribution in [0.5, 0.6) is 0 Å². The molecule has 3 aromatic heterocycles. The summed E-state index contributed by atoms with van der Waals surface area (Å²) in [6, 6.07) is 8.85. The smallest absolute Gasteiger partial charge is 0.243 e. The van der Waals surface area contributed by atoms with Gasteiger partial charge < -0.3 is 0 Å². The summed E-state index contributed by atoms with van der Waals surface area (Å²) in [4.78, 5) is 9.22. The minimum Gasteiger partial charge on any atom is -0.275 e. The summed E-state index contributed by atoms with van der Waals surface area (Å²) < 4.78 is 42.3. The van der Waals surface area contributed by atoms with Gasteiger partial charge in [-0.1, -0.05) is 0 Å². The van der Waals surface area contributed by atoms with Gasteiger partial charge in [0, 0.05) is 61.2 Å². The molecule has 0 saturated carbocycles. The van der Waals surface area contributed by atoms with Crippen LogP contribution in [-0.4, -0.2) is 39.0 Å². The normalized spacial score (nSPS) is 14.7. The monoisotopic (exact) mass is 423 g/mol. The standard InChI is InChI=1S/C21H18FN5O2S/c1-26-12-17(11-24-26)15-8-14-9-16-13-27(7-6-20(16)25-21(14)23-10-15)30(28,29)19-4-2-18(22)3-5-19/h2-5,8-12H,6-7,13H2,1H3. The number of benzene rings is 1. The van der Waals surface area contributed by atoms with Crippen molar-refractivity contribution in [1.82, 2.24) is 24.1 Å². The highest BCUT2D eigenvalue weighted by Gasteiger charge is 2.29. The van der Waals surface area contributed by atoms with Crippen LogP contribution >= 0.6 is 0 Å². The molecule has 0 N–H and O–H groups in total. The molecule has 0 saturated heterocycles. The third-order valence-corrected chi connectivity index (χ3v) is 7.13. The Morgan fingerprint density at radius 2 is 1.87 bits per heavy atom. The van der Waals surface area contributed by atoms with Crippen LogP contribution in [0.2, 0.25) is 0 Å². The Morgan fingerprint density at radius 1 is 1.07 bits per heavy atom. The van der Waals surface area contributed by atoms with E-state index < -0.39 is 15.8 Å². The first-order valence-corrected chi connectivity index (χ1v) is 10.9. The predicted octanol–water partition coefficient (Wildman–Crippen LogP) is 2.92. The lowest BCUT2D eigenvalue weighted by atomic mass is 10.0. The Morgan fingerprint density at radius 3 is 2.60 bits per heavy atom. The fourth-order valence-corrected chi connectivity index (χ4v) is 5.11. The molecular weight excluding hydrogens is 405 g/mol. The average molecular weight is 423 g/mol. The van der Waals surface area contributed by atoms with Crippen molar-refractivity contribution in [3.63, 3.8) is 0 Å². The molecule has 0 radical (unpaired) electrons. The second-order valence-corrected chi connectivity index (χ2v) is 9.25. The lowest BCUT2D eigenvalue weighted by Gasteiger charge is -2.27. The van der Waals surface area contributed by atoms with Crippen molar-refractivity contribution in [1.29, 1.82) is 0 Å². The van der Waals surface area contributed by atoms with E-state index in [1.165, 1.54) is 16.4 Å². The van der Waals surface area contributed by atoms with Crippen LogP contribution in [0.15, 0.2) is 59.9 Å². The van der Waals surface area contributed by atoms with Crippen molar-refractivity contribution in [2.75, 3.05) is 6.54 Å². The molecule has 0 bridgehead atoms. The van der Waals surface area contributed by atoms with Crippen molar-refractivity contribution in [2.45, 2.75) is 17.9 Å². The van der Waals surface area contributed by atoms with Gasteiger partial charge in [0.15, 0.2) is 5.65 Å². The molecule has 0 spiro atoms. The van der Waals surface area contributed by atoms with Crippen molar-refractivity contribution < 1.29 is 12.8 Å². The Labute approximate surface area is 172 Å². The first-order valence-electron chi connectivity index (χ1n) is 9.43. The zero-order valence-electron chi connectivity index (χ0n) is 16.2. The van der Waals surface area contributed by atoms with Gasteiger partial charge in [0.05, 0.1) is 11.1 Å². The summed E-state index contributed by atoms with van der Waals surface area (Å²) in [6.07, 6.45) is 5.95. The molecule has 152 valence electrons. The van der Waals surface area contributed by atoms with E-state index in [2.05, 4.69) is 15.1 Å². The van der Waals surface area contributed by atoms with Crippen molar-refractivity contribution in [3.05, 3.63) is 72.1 Å². The maximum atomic E-state index is 13.2. The SMILES string of the molecule is Cn1cc(-c2cnc3nc4c(cc3c2)CN(S(=O)(=O)c2ccc(F)cc2)CC4)cn1. The fourth-order valence-electron chi connectivity index (χ4n) is 3.69. The maximum absolute atomic E-state index is 13.2. The molecule has 0 unspecified atom stereocenters. The zero-order valence-corrected chi connectivity index (χ0v) is 17.0. The fraction of sp³-hybridized carbons (Fsp3) is 0.190. The molecule has 4 aromatic rings. The van der Waals surface area contributed by atoms with E-state index in [-0.39, 0.29) is 11.4 Å². The number of aryl methyl sites for hydroxylation is 1. The minimum absolute atomic E-state index is 0.0848. The average Bonchev–Trinajstić information content (AvgIpc) is 3.18. The summed E-state index contributed by atoms with van der Waals surface area (Å²) in [7, 11) is -1.86. The second-order valence-electron chi connectivity index (χ2n) is 7.31. The van der Waals surface area contributed by atoms with E-state index in [0.717, 1.165) is 39.9 Å². The van der Waals surface area contributed by atoms with E-state index in [0.29, 0.717) is 18.6 Å². The highest BCUT2D eigenvalue weighted by Crippen LogP contribution is 2.28. The summed E-state index contributed by atoms with van der Waals surface area (Å²) in [5, 5.41) is 5.03. The van der Waals surface area contributed by atoms with Crippen molar-refractivity contribution in [2.24, 2.45) is 7.05 Å². The molecule has 4 heterocycles. The number of rotatable bonds is 3. The molecule has 0 aliphatic carbocycles. The number of fused-ring (bicyclic) bond motifs is 2. The number of pyridine rings is 2. The summed E-state index contributed by atoms with van der Waals surface area (Å²) in [5.41, 5.74) is 4.21. The molecule has 0 atom stereocenters. The molecule has 0 fully saturated rings. The zero-order chi connectivity index (χ0) is 20.9. The molecule has 7 nitrogen and oxygen atoms in total. The van der Waals surface area contributed by atoms with Gasteiger partial charge >= 0.3 is 0 Å². The molecule has 0 amide bonds. The number of hydrogen-bond donors (Lipinski definition) is 0. The van der Waals surface area contributed by atoms with Crippen LogP contribution in [0.4, 0.5) is 4.39 Å². The van der Waals surface area contributed by atoms with Gasteiger partial charge in [-0.15, -0.1) is 0 Å². The Kier molecular flexibility index (Phi) is 4.37. The third-order valence-electron chi connectivity index (χ3n) is 5.27. The van der Waals surface area contributed by atoms with Crippen LogP contribution < -0.4 is 0 Å². The topological polar surface area (TPSA) is 81.0 Å². The van der Waals surface area contributed by atoms with E-state index in [9.17, 15) is 12.8 Å². The minimum atomic E-state index is -3.71. The van der Waals surface area contributed by atoms with Crippen LogP contribution in [-0.2, 0) is 30.0 Å². The maximum Gasteiger partial charge on any atom is 0.243 e. The van der Waals surface area contributed by atoms with E-state index in [1.54, 1.807) is 17.1 Å². The molecule has 5 rings (SSSR count). The van der Waals surface area contributed by atoms with Gasteiger partial charge in [0.2, 0.25) is 10.0 Å². The third kappa shape index (κ3) is 3.25. The van der Waals surface area contributed by atoms with Crippen molar-refractivity contribution in [3.8, 4) is 11.1 Å². The summed E-state index contributed by atoms with van der Waals surface area (Å²) in [6.45, 7) is 0.536. The first-order chi connectivity index (χ1) is 14.4. The van der Waals surface area contributed by atoms with E-state index >= 15 is 0 Å². The summed E-state index contributed by atoms with van der Waals surface area (Å²) >= 11 is 0. The first kappa shape index (κ1) is 18.8. The number of aromatic nitrogens is 4. The van der Waals surface area contributed by atoms with Crippen LogP contribution in [0.1, 0.15) is 11.3 Å². The molecule has 30 heavy (non-hydrogen) atoms. The summed E-state index contributed by atoms with van der Waals surface area (Å²) in [5.74, 6) is -0.467. The van der Waals surface area contributed by atoms with Crippen LogP contribution in [0.25, 0.3) is 22.2 Å². The Balaban J connectivity index is 1.50. The lowest BCUT2D eigenvalue weighted by Crippen LogP contribution is -2.36. The van der Waals surface area contributed by atoms with Gasteiger partial charge in [0.25, 0.3) is 0 Å². The molecule has 1 aromatic carbocycles. The van der Waals surface area contributed by atoms with E-state index in [4.69, 9.17) is 0 Å². The highest BCUT2D eigenvalue weighted by molar-refractivity contribution is 7.89.